The Balaban J connectivity index is 2.32. The first-order valence-electron chi connectivity index (χ1n) is 5.01. The van der Waals surface area contributed by atoms with Crippen molar-refractivity contribution in [3.63, 3.8) is 0 Å². The Morgan fingerprint density at radius 1 is 1.47 bits per heavy atom. The summed E-state index contributed by atoms with van der Waals surface area (Å²) in [4.78, 5) is 14.4. The van der Waals surface area contributed by atoms with Gasteiger partial charge in [-0.15, -0.1) is 0 Å². The lowest BCUT2D eigenvalue weighted by atomic mass is 10.1. The Morgan fingerprint density at radius 3 is 2.71 bits per heavy atom. The number of nitrogens with two attached hydrogens (primary N) is 1. The van der Waals surface area contributed by atoms with Gasteiger partial charge in [0, 0.05) is 12.3 Å². The maximum absolute atomic E-state index is 10.9. The van der Waals surface area contributed by atoms with Crippen molar-refractivity contribution in [2.45, 2.75) is 24.5 Å². The van der Waals surface area contributed by atoms with Gasteiger partial charge in [-0.05, 0) is 0 Å². The normalized spacial score (nSPS) is 32.9. The summed E-state index contributed by atoms with van der Waals surface area (Å²) in [6.45, 7) is -0.428. The lowest BCUT2D eigenvalue weighted by Gasteiger charge is -2.19. The molecule has 0 bridgehead atoms. The van der Waals surface area contributed by atoms with Gasteiger partial charge in [0.25, 0.3) is 5.56 Å². The topological polar surface area (TPSA) is 131 Å². The van der Waals surface area contributed by atoms with Crippen molar-refractivity contribution in [3.8, 4) is 0 Å². The molecule has 5 N–H and O–H groups in total. The van der Waals surface area contributed by atoms with Crippen LogP contribution in [0.15, 0.2) is 17.1 Å². The third kappa shape index (κ3) is 2.03. The monoisotopic (exact) mass is 243 g/mol. The van der Waals surface area contributed by atoms with Crippen molar-refractivity contribution >= 4 is 5.95 Å². The first-order chi connectivity index (χ1) is 8.04. The van der Waals surface area contributed by atoms with Gasteiger partial charge in [-0.25, -0.2) is 0 Å². The van der Waals surface area contributed by atoms with Crippen LogP contribution >= 0.6 is 0 Å². The van der Waals surface area contributed by atoms with Crippen molar-refractivity contribution in [1.82, 2.24) is 9.55 Å². The molecule has 4 atom stereocenters. The van der Waals surface area contributed by atoms with Gasteiger partial charge in [0.1, 0.15) is 18.3 Å². The summed E-state index contributed by atoms with van der Waals surface area (Å²) in [6, 6.07) is 1.16. The SMILES string of the molecule is Nc1nc(=O)ccn1[C@H]1O[C@H](CO)[C@@H](O)[C@@H]1O. The molecule has 0 amide bonds. The summed E-state index contributed by atoms with van der Waals surface area (Å²) in [5, 5.41) is 28.2. The maximum Gasteiger partial charge on any atom is 0.274 e. The largest absolute Gasteiger partial charge is 0.394 e. The minimum absolute atomic E-state index is 0.132. The molecule has 0 saturated carbocycles. The quantitative estimate of drug-likeness (QED) is 0.449. The summed E-state index contributed by atoms with van der Waals surface area (Å²) >= 11 is 0. The van der Waals surface area contributed by atoms with Crippen LogP contribution in [0.1, 0.15) is 6.23 Å². The summed E-state index contributed by atoms with van der Waals surface area (Å²) in [5.41, 5.74) is 5.00. The predicted molar refractivity (Wildman–Crippen MR) is 55.9 cm³/mol. The van der Waals surface area contributed by atoms with Gasteiger partial charge in [-0.3, -0.25) is 9.36 Å². The first kappa shape index (κ1) is 12.0. The van der Waals surface area contributed by atoms with Crippen LogP contribution in [-0.2, 0) is 4.74 Å². The number of aliphatic hydroxyl groups is 3. The summed E-state index contributed by atoms with van der Waals surface area (Å²) < 4.78 is 6.46. The van der Waals surface area contributed by atoms with Crippen LogP contribution in [0.5, 0.6) is 0 Å². The number of nitrogen functional groups attached to an aromatic ring is 1. The van der Waals surface area contributed by atoms with E-state index in [1.165, 1.54) is 10.8 Å². The van der Waals surface area contributed by atoms with Crippen LogP contribution in [0.25, 0.3) is 0 Å². The molecule has 2 heterocycles. The van der Waals surface area contributed by atoms with E-state index in [2.05, 4.69) is 4.98 Å². The standard InChI is InChI=1S/C9H13N3O5/c10-9-11-5(14)1-2-12(9)8-7(16)6(15)4(3-13)17-8/h1-2,4,6-8,13,15-16H,3H2,(H2,10,11,14)/t4-,6-,7+,8+/m1/s1. The van der Waals surface area contributed by atoms with E-state index in [-0.39, 0.29) is 5.95 Å². The predicted octanol–water partition coefficient (Wildman–Crippen LogP) is -2.56. The smallest absolute Gasteiger partial charge is 0.274 e. The maximum atomic E-state index is 10.9. The lowest BCUT2D eigenvalue weighted by molar-refractivity contribution is -0.0523. The molecule has 0 spiro atoms. The highest BCUT2D eigenvalue weighted by Gasteiger charge is 2.43. The highest BCUT2D eigenvalue weighted by Crippen LogP contribution is 2.29. The molecule has 1 aromatic rings. The molecule has 1 aliphatic rings. The molecule has 94 valence electrons. The summed E-state index contributed by atoms with van der Waals surface area (Å²) in [6.07, 6.45) is -3.03. The van der Waals surface area contributed by atoms with E-state index in [9.17, 15) is 15.0 Å². The van der Waals surface area contributed by atoms with Crippen molar-refractivity contribution in [2.24, 2.45) is 0 Å². The third-order valence-electron chi connectivity index (χ3n) is 2.66. The van der Waals surface area contributed by atoms with E-state index in [4.69, 9.17) is 15.6 Å². The number of aliphatic hydroxyl groups excluding tert-OH is 3. The number of aromatic nitrogens is 2. The van der Waals surface area contributed by atoms with E-state index >= 15 is 0 Å². The first-order valence-corrected chi connectivity index (χ1v) is 5.01. The van der Waals surface area contributed by atoms with Gasteiger partial charge in [0.2, 0.25) is 5.95 Å². The molecular weight excluding hydrogens is 230 g/mol. The Labute approximate surface area is 95.9 Å². The molecule has 0 unspecified atom stereocenters. The fraction of sp³-hybridized carbons (Fsp3) is 0.556. The number of anilines is 1. The Kier molecular flexibility index (Phi) is 3.11. The molecule has 1 fully saturated rings. The van der Waals surface area contributed by atoms with Crippen LogP contribution in [0, 0.1) is 0 Å². The Bertz CT molecular complexity index is 462. The van der Waals surface area contributed by atoms with Crippen molar-refractivity contribution < 1.29 is 20.1 Å². The van der Waals surface area contributed by atoms with Crippen LogP contribution < -0.4 is 11.3 Å². The van der Waals surface area contributed by atoms with Gasteiger partial charge in [0.05, 0.1) is 6.61 Å². The van der Waals surface area contributed by atoms with Gasteiger partial charge >= 0.3 is 0 Å². The third-order valence-corrected chi connectivity index (χ3v) is 2.66. The summed E-state index contributed by atoms with van der Waals surface area (Å²) in [5.74, 6) is -0.132. The fourth-order valence-corrected chi connectivity index (χ4v) is 1.75. The molecule has 17 heavy (non-hydrogen) atoms. The summed E-state index contributed by atoms with van der Waals surface area (Å²) in [7, 11) is 0. The van der Waals surface area contributed by atoms with Crippen molar-refractivity contribution in [1.29, 1.82) is 0 Å². The lowest BCUT2D eigenvalue weighted by Crippen LogP contribution is -2.33. The Hall–Kier alpha value is -1.48. The number of hydrogen-bond donors (Lipinski definition) is 4. The molecular formula is C9H13N3O5. The minimum atomic E-state index is -1.25. The van der Waals surface area contributed by atoms with Gasteiger partial charge in [0.15, 0.2) is 6.23 Å². The van der Waals surface area contributed by atoms with Crippen LogP contribution in [-0.4, -0.2) is 49.8 Å². The highest BCUT2D eigenvalue weighted by molar-refractivity contribution is 5.17. The second kappa shape index (κ2) is 4.41. The highest BCUT2D eigenvalue weighted by atomic mass is 16.6. The number of ether oxygens (including phenoxy) is 1. The molecule has 8 nitrogen and oxygen atoms in total. The number of hydrogen-bond acceptors (Lipinski definition) is 7. The fourth-order valence-electron chi connectivity index (χ4n) is 1.75. The average molecular weight is 243 g/mol. The molecule has 8 heteroatoms. The van der Waals surface area contributed by atoms with Gasteiger partial charge in [-0.1, -0.05) is 0 Å². The van der Waals surface area contributed by atoms with E-state index in [0.29, 0.717) is 0 Å². The van der Waals surface area contributed by atoms with E-state index < -0.39 is 36.7 Å². The average Bonchev–Trinajstić information content (AvgIpc) is 2.57. The second-order valence-electron chi connectivity index (χ2n) is 3.76. The molecule has 2 rings (SSSR count). The zero-order valence-corrected chi connectivity index (χ0v) is 8.80. The number of rotatable bonds is 2. The van der Waals surface area contributed by atoms with E-state index in [1.807, 2.05) is 0 Å². The van der Waals surface area contributed by atoms with Crippen LogP contribution in [0.4, 0.5) is 5.95 Å². The molecule has 1 aromatic heterocycles. The van der Waals surface area contributed by atoms with Crippen molar-refractivity contribution in [3.05, 3.63) is 22.6 Å². The zero-order chi connectivity index (χ0) is 12.6. The van der Waals surface area contributed by atoms with Gasteiger partial charge in [-0.2, -0.15) is 4.98 Å². The molecule has 0 aromatic carbocycles. The zero-order valence-electron chi connectivity index (χ0n) is 8.80. The van der Waals surface area contributed by atoms with Crippen LogP contribution in [0.3, 0.4) is 0 Å². The van der Waals surface area contributed by atoms with Crippen LogP contribution in [0.2, 0.25) is 0 Å². The second-order valence-corrected chi connectivity index (χ2v) is 3.76. The Morgan fingerprint density at radius 2 is 2.18 bits per heavy atom. The molecule has 0 aliphatic carbocycles. The van der Waals surface area contributed by atoms with E-state index in [0.717, 1.165) is 6.07 Å². The van der Waals surface area contributed by atoms with Gasteiger partial charge < -0.3 is 25.8 Å². The van der Waals surface area contributed by atoms with Crippen molar-refractivity contribution in [2.75, 3.05) is 12.3 Å². The number of nitrogens with zero attached hydrogens (tertiary/aromatic N) is 2. The van der Waals surface area contributed by atoms with E-state index in [1.54, 1.807) is 0 Å². The minimum Gasteiger partial charge on any atom is -0.394 e. The molecule has 0 radical (unpaired) electrons. The molecule has 1 aliphatic heterocycles. The molecule has 1 saturated heterocycles.